The topological polar surface area (TPSA) is 128 Å². The van der Waals surface area contributed by atoms with Gasteiger partial charge in [-0.05, 0) is 34.6 Å². The smallest absolute Gasteiger partial charge is 0.125 e. The Balaban J connectivity index is 1.50. The predicted molar refractivity (Wildman–Crippen MR) is 155 cm³/mol. The lowest BCUT2D eigenvalue weighted by molar-refractivity contribution is 0.425. The average Bonchev–Trinajstić information content (AvgIpc) is 3.50. The Bertz CT molecular complexity index is 1850. The first kappa shape index (κ1) is 26.1. The summed E-state index contributed by atoms with van der Waals surface area (Å²) in [5, 5.41) is 38.2. The Morgan fingerprint density at radius 3 is 2.63 bits per heavy atom. The van der Waals surface area contributed by atoms with E-state index in [9.17, 15) is 14.9 Å². The molecule has 6 rings (SSSR count). The van der Waals surface area contributed by atoms with E-state index in [0.717, 1.165) is 16.3 Å². The molecule has 204 valence electrons. The minimum Gasteiger partial charge on any atom is -0.383 e. The summed E-state index contributed by atoms with van der Waals surface area (Å²) in [5.41, 5.74) is 4.05. The summed E-state index contributed by atoms with van der Waals surface area (Å²) >= 11 is 0. The summed E-state index contributed by atoms with van der Waals surface area (Å²) < 4.78 is 15.4. The van der Waals surface area contributed by atoms with Crippen molar-refractivity contribution in [2.45, 2.75) is 45.4 Å². The van der Waals surface area contributed by atoms with Gasteiger partial charge in [0.05, 0.1) is 40.6 Å². The molecule has 1 aliphatic rings. The molecule has 1 unspecified atom stereocenters. The fraction of sp³-hybridized carbons (Fsp3) is 0.290. The minimum absolute atomic E-state index is 0.0451. The zero-order chi connectivity index (χ0) is 28.7. The lowest BCUT2D eigenvalue weighted by Crippen LogP contribution is -2.20. The maximum absolute atomic E-state index is 13.8. The fourth-order valence-electron chi connectivity index (χ4n) is 4.99. The summed E-state index contributed by atoms with van der Waals surface area (Å²) in [6.07, 6.45) is 6.33. The van der Waals surface area contributed by atoms with Gasteiger partial charge in [-0.15, -0.1) is 5.10 Å². The summed E-state index contributed by atoms with van der Waals surface area (Å²) in [6, 6.07) is 15.3. The quantitative estimate of drug-likeness (QED) is 0.253. The van der Waals surface area contributed by atoms with E-state index in [-0.39, 0.29) is 11.5 Å². The molecule has 10 heteroatoms. The fourth-order valence-corrected chi connectivity index (χ4v) is 4.99. The zero-order valence-corrected chi connectivity index (χ0v) is 22.9. The van der Waals surface area contributed by atoms with Gasteiger partial charge in [-0.1, -0.05) is 44.2 Å². The molecule has 41 heavy (non-hydrogen) atoms. The maximum Gasteiger partial charge on any atom is 0.125 e. The van der Waals surface area contributed by atoms with Crippen molar-refractivity contribution in [3.8, 4) is 12.1 Å². The van der Waals surface area contributed by atoms with Crippen molar-refractivity contribution in [2.24, 2.45) is 5.41 Å². The number of fused-ring (bicyclic) bond motifs is 2. The standard InChI is InChI=1S/C31H28FN9/c1-31(2,3)17-37-29-20(13-34)15-36-28-19(12-33)9-21(10-24(28)29)38-30(26-16-41(40-39-26)27-11-25(27)32)23-6-4-5-18-14-35-8-7-22(18)23/h4-10,14-16,25,27,30,38H,11,17H2,1-3H3,(H,36,37)/t25-,27?,30-/m0/s1. The van der Waals surface area contributed by atoms with E-state index in [1.54, 1.807) is 29.3 Å². The van der Waals surface area contributed by atoms with Crippen LogP contribution in [0, 0.1) is 28.1 Å². The Hall–Kier alpha value is -5.09. The largest absolute Gasteiger partial charge is 0.383 e. The van der Waals surface area contributed by atoms with Crippen LogP contribution in [0.2, 0.25) is 0 Å². The number of nitriles is 2. The van der Waals surface area contributed by atoms with Crippen molar-refractivity contribution < 1.29 is 4.39 Å². The van der Waals surface area contributed by atoms with Crippen LogP contribution in [0.1, 0.15) is 61.7 Å². The van der Waals surface area contributed by atoms with Gasteiger partial charge < -0.3 is 10.6 Å². The van der Waals surface area contributed by atoms with Crippen LogP contribution in [0.15, 0.2) is 61.2 Å². The first-order valence-electron chi connectivity index (χ1n) is 13.4. The van der Waals surface area contributed by atoms with E-state index in [1.807, 2.05) is 30.3 Å². The number of nitrogens with zero attached hydrogens (tertiary/aromatic N) is 7. The van der Waals surface area contributed by atoms with Gasteiger partial charge in [-0.3, -0.25) is 9.97 Å². The van der Waals surface area contributed by atoms with Crippen LogP contribution in [0.3, 0.4) is 0 Å². The number of halogens is 1. The van der Waals surface area contributed by atoms with Gasteiger partial charge in [0.1, 0.15) is 24.0 Å². The third-order valence-corrected chi connectivity index (χ3v) is 7.19. The Morgan fingerprint density at radius 2 is 1.90 bits per heavy atom. The second kappa shape index (κ2) is 10.1. The molecular weight excluding hydrogens is 517 g/mol. The van der Waals surface area contributed by atoms with Crippen molar-refractivity contribution in [3.63, 3.8) is 0 Å². The number of aromatic nitrogens is 5. The molecule has 0 spiro atoms. The SMILES string of the molecule is CC(C)(C)CNc1c(C#N)cnc2c(C#N)cc(N[C@H](c3cn(C4C[C@@H]4F)nn3)c3cccc4cnccc34)cc12. The normalized spacial score (nSPS) is 17.1. The Morgan fingerprint density at radius 1 is 1.10 bits per heavy atom. The van der Waals surface area contributed by atoms with Crippen LogP contribution in [-0.4, -0.2) is 37.7 Å². The molecule has 0 saturated heterocycles. The van der Waals surface area contributed by atoms with Gasteiger partial charge in [0.2, 0.25) is 0 Å². The summed E-state index contributed by atoms with van der Waals surface area (Å²) in [7, 11) is 0. The van der Waals surface area contributed by atoms with Crippen LogP contribution < -0.4 is 10.6 Å². The highest BCUT2D eigenvalue weighted by Gasteiger charge is 2.40. The lowest BCUT2D eigenvalue weighted by Gasteiger charge is -2.23. The number of anilines is 2. The van der Waals surface area contributed by atoms with Crippen molar-refractivity contribution >= 4 is 33.1 Å². The lowest BCUT2D eigenvalue weighted by atomic mass is 9.96. The molecule has 1 fully saturated rings. The Kier molecular flexibility index (Phi) is 6.47. The number of benzene rings is 2. The highest BCUT2D eigenvalue weighted by molar-refractivity contribution is 5.99. The van der Waals surface area contributed by atoms with E-state index < -0.39 is 12.2 Å². The van der Waals surface area contributed by atoms with Gasteiger partial charge in [0.25, 0.3) is 0 Å². The first-order valence-corrected chi connectivity index (χ1v) is 13.4. The third-order valence-electron chi connectivity index (χ3n) is 7.19. The van der Waals surface area contributed by atoms with Crippen LogP contribution >= 0.6 is 0 Å². The number of pyridine rings is 2. The van der Waals surface area contributed by atoms with E-state index in [4.69, 9.17) is 0 Å². The van der Waals surface area contributed by atoms with Crippen molar-refractivity contribution in [1.82, 2.24) is 25.0 Å². The van der Waals surface area contributed by atoms with E-state index in [2.05, 4.69) is 63.8 Å². The van der Waals surface area contributed by atoms with Gasteiger partial charge >= 0.3 is 0 Å². The van der Waals surface area contributed by atoms with Crippen molar-refractivity contribution in [2.75, 3.05) is 17.2 Å². The van der Waals surface area contributed by atoms with E-state index >= 15 is 0 Å². The van der Waals surface area contributed by atoms with Crippen LogP contribution in [-0.2, 0) is 0 Å². The Labute approximate surface area is 236 Å². The third kappa shape index (κ3) is 5.12. The monoisotopic (exact) mass is 545 g/mol. The number of rotatable bonds is 7. The average molecular weight is 546 g/mol. The minimum atomic E-state index is -0.917. The highest BCUT2D eigenvalue weighted by atomic mass is 19.1. The van der Waals surface area contributed by atoms with Crippen LogP contribution in [0.4, 0.5) is 15.8 Å². The zero-order valence-electron chi connectivity index (χ0n) is 22.9. The molecule has 0 aliphatic heterocycles. The molecule has 0 radical (unpaired) electrons. The first-order chi connectivity index (χ1) is 19.8. The van der Waals surface area contributed by atoms with Crippen molar-refractivity contribution in [1.29, 1.82) is 10.5 Å². The molecule has 3 atom stereocenters. The van der Waals surface area contributed by atoms with Crippen LogP contribution in [0.5, 0.6) is 0 Å². The molecule has 1 aliphatic carbocycles. The molecule has 0 bridgehead atoms. The molecule has 0 amide bonds. The maximum atomic E-state index is 13.8. The molecule has 2 N–H and O–H groups in total. The molecule has 2 aromatic carbocycles. The summed E-state index contributed by atoms with van der Waals surface area (Å²) in [5.74, 6) is 0. The molecule has 3 aromatic heterocycles. The number of nitrogens with one attached hydrogen (secondary N) is 2. The molecule has 5 aromatic rings. The van der Waals surface area contributed by atoms with Gasteiger partial charge in [-0.2, -0.15) is 10.5 Å². The van der Waals surface area contributed by atoms with E-state index in [1.165, 1.54) is 6.20 Å². The van der Waals surface area contributed by atoms with Gasteiger partial charge in [-0.25, -0.2) is 9.07 Å². The molecule has 1 saturated carbocycles. The second-order valence-electron chi connectivity index (χ2n) is 11.6. The number of hydrogen-bond donors (Lipinski definition) is 2. The summed E-state index contributed by atoms with van der Waals surface area (Å²) in [6.45, 7) is 6.93. The van der Waals surface area contributed by atoms with Gasteiger partial charge in [0, 0.05) is 48.0 Å². The molecule has 3 heterocycles. The predicted octanol–water partition coefficient (Wildman–Crippen LogP) is 6.06. The number of hydrogen-bond acceptors (Lipinski definition) is 8. The van der Waals surface area contributed by atoms with Gasteiger partial charge in [0.15, 0.2) is 0 Å². The van der Waals surface area contributed by atoms with Crippen molar-refractivity contribution in [3.05, 3.63) is 83.6 Å². The summed E-state index contributed by atoms with van der Waals surface area (Å²) in [4.78, 5) is 8.72. The molecule has 9 nitrogen and oxygen atoms in total. The van der Waals surface area contributed by atoms with E-state index in [0.29, 0.717) is 52.1 Å². The molecular formula is C31H28FN9. The van der Waals surface area contributed by atoms with Crippen LogP contribution in [0.25, 0.3) is 21.7 Å². The number of alkyl halides is 1. The highest BCUT2D eigenvalue weighted by Crippen LogP contribution is 2.40. The second-order valence-corrected chi connectivity index (χ2v) is 11.6.